The van der Waals surface area contributed by atoms with Gasteiger partial charge in [-0.2, -0.15) is 0 Å². The van der Waals surface area contributed by atoms with Crippen LogP contribution in [0.2, 0.25) is 5.02 Å². The highest BCUT2D eigenvalue weighted by Gasteiger charge is 2.45. The van der Waals surface area contributed by atoms with Crippen molar-refractivity contribution >= 4 is 29.2 Å². The zero-order chi connectivity index (χ0) is 22.8. The normalized spacial score (nSPS) is 19.8. The summed E-state index contributed by atoms with van der Waals surface area (Å²) in [6.45, 7) is 1.38. The fraction of sp³-hybridized carbons (Fsp3) is 0.480. The monoisotopic (exact) mass is 469 g/mol. The molecule has 5 rings (SSSR count). The first-order chi connectivity index (χ1) is 16.0. The number of piperidine rings is 1. The number of halogens is 1. The molecule has 1 aliphatic carbocycles. The number of likely N-dealkylation sites (tertiary alicyclic amines) is 1. The molecule has 2 aliphatic heterocycles. The predicted molar refractivity (Wildman–Crippen MR) is 125 cm³/mol. The largest absolute Gasteiger partial charge is 0.454 e. The van der Waals surface area contributed by atoms with Crippen molar-refractivity contribution in [3.63, 3.8) is 0 Å². The van der Waals surface area contributed by atoms with Gasteiger partial charge < -0.3 is 19.7 Å². The van der Waals surface area contributed by atoms with Crippen LogP contribution in [0.25, 0.3) is 0 Å². The van der Waals surface area contributed by atoms with Crippen molar-refractivity contribution < 1.29 is 19.1 Å². The fourth-order valence-corrected chi connectivity index (χ4v) is 5.41. The summed E-state index contributed by atoms with van der Waals surface area (Å²) in [5, 5.41) is 3.39. The molecule has 7 nitrogen and oxygen atoms in total. The average molecular weight is 470 g/mol. The number of fused-ring (bicyclic) bond motifs is 1. The van der Waals surface area contributed by atoms with E-state index in [9.17, 15) is 9.59 Å². The lowest BCUT2D eigenvalue weighted by atomic mass is 9.68. The van der Waals surface area contributed by atoms with Crippen LogP contribution in [-0.2, 0) is 15.0 Å². The van der Waals surface area contributed by atoms with Gasteiger partial charge in [-0.15, -0.1) is 0 Å². The van der Waals surface area contributed by atoms with Crippen LogP contribution in [0.15, 0.2) is 36.5 Å². The summed E-state index contributed by atoms with van der Waals surface area (Å²) in [6.07, 6.45) is 7.70. The van der Waals surface area contributed by atoms with Crippen LogP contribution in [0, 0.1) is 5.92 Å². The summed E-state index contributed by atoms with van der Waals surface area (Å²) in [4.78, 5) is 32.7. The molecule has 3 aliphatic rings. The van der Waals surface area contributed by atoms with Crippen molar-refractivity contribution in [1.82, 2.24) is 9.88 Å². The summed E-state index contributed by atoms with van der Waals surface area (Å²) in [6, 6.07) is 9.33. The lowest BCUT2D eigenvalue weighted by molar-refractivity contribution is -0.141. The summed E-state index contributed by atoms with van der Waals surface area (Å²) in [5.74, 6) is 1.93. The van der Waals surface area contributed by atoms with Crippen molar-refractivity contribution in [2.75, 3.05) is 25.2 Å². The van der Waals surface area contributed by atoms with Crippen LogP contribution in [0.3, 0.4) is 0 Å². The summed E-state index contributed by atoms with van der Waals surface area (Å²) < 4.78 is 11.1. The molecule has 1 saturated carbocycles. The summed E-state index contributed by atoms with van der Waals surface area (Å²) in [5.41, 5.74) is 0.492. The van der Waals surface area contributed by atoms with Gasteiger partial charge in [0.1, 0.15) is 5.82 Å². The lowest BCUT2D eigenvalue weighted by Gasteiger charge is -2.42. The number of hydrogen-bond donors (Lipinski definition) is 1. The van der Waals surface area contributed by atoms with Crippen molar-refractivity contribution in [3.05, 3.63) is 47.1 Å². The van der Waals surface area contributed by atoms with Gasteiger partial charge in [-0.1, -0.05) is 36.9 Å². The molecular weight excluding hydrogens is 442 g/mol. The molecule has 3 heterocycles. The minimum Gasteiger partial charge on any atom is -0.454 e. The van der Waals surface area contributed by atoms with E-state index in [0.29, 0.717) is 36.8 Å². The number of aromatic nitrogens is 1. The van der Waals surface area contributed by atoms with Crippen molar-refractivity contribution in [3.8, 4) is 11.5 Å². The molecule has 2 amide bonds. The molecule has 33 heavy (non-hydrogen) atoms. The van der Waals surface area contributed by atoms with Gasteiger partial charge >= 0.3 is 0 Å². The quantitative estimate of drug-likeness (QED) is 0.710. The molecule has 8 heteroatoms. The Bertz CT molecular complexity index is 1030. The van der Waals surface area contributed by atoms with Crippen LogP contribution in [-0.4, -0.2) is 41.6 Å². The number of carbonyl (C=O) groups excluding carboxylic acids is 2. The second-order valence-corrected chi connectivity index (χ2v) is 9.56. The van der Waals surface area contributed by atoms with Gasteiger partial charge in [0.2, 0.25) is 18.6 Å². The van der Waals surface area contributed by atoms with E-state index >= 15 is 0 Å². The first-order valence-corrected chi connectivity index (χ1v) is 12.0. The van der Waals surface area contributed by atoms with Crippen molar-refractivity contribution in [1.29, 1.82) is 0 Å². The second-order valence-electron chi connectivity index (χ2n) is 9.13. The Kier molecular flexibility index (Phi) is 6.15. The number of anilines is 1. The molecule has 1 aromatic carbocycles. The Balaban J connectivity index is 1.27. The van der Waals surface area contributed by atoms with E-state index in [1.54, 1.807) is 12.1 Å². The maximum Gasteiger partial charge on any atom is 0.233 e. The van der Waals surface area contributed by atoms with Crippen LogP contribution >= 0.6 is 11.6 Å². The predicted octanol–water partition coefficient (Wildman–Crippen LogP) is 4.54. The molecule has 1 saturated heterocycles. The van der Waals surface area contributed by atoms with E-state index in [2.05, 4.69) is 10.3 Å². The highest BCUT2D eigenvalue weighted by Crippen LogP contribution is 2.45. The zero-order valence-corrected chi connectivity index (χ0v) is 19.3. The van der Waals surface area contributed by atoms with Crippen molar-refractivity contribution in [2.45, 2.75) is 50.4 Å². The summed E-state index contributed by atoms with van der Waals surface area (Å²) in [7, 11) is 0. The fourth-order valence-electron chi connectivity index (χ4n) is 5.30. The van der Waals surface area contributed by atoms with Crippen molar-refractivity contribution in [2.24, 2.45) is 5.92 Å². The van der Waals surface area contributed by atoms with Gasteiger partial charge in [-0.3, -0.25) is 9.59 Å². The highest BCUT2D eigenvalue weighted by atomic mass is 35.5. The molecule has 0 atom stereocenters. The van der Waals surface area contributed by atoms with Gasteiger partial charge in [0.25, 0.3) is 0 Å². The van der Waals surface area contributed by atoms with E-state index in [-0.39, 0.29) is 24.5 Å². The Labute approximate surface area is 198 Å². The molecule has 0 spiro atoms. The molecule has 2 fully saturated rings. The first kappa shape index (κ1) is 22.0. The topological polar surface area (TPSA) is 80.8 Å². The number of amides is 2. The Morgan fingerprint density at radius 3 is 2.52 bits per heavy atom. The number of nitrogens with zero attached hydrogens (tertiary/aromatic N) is 2. The van der Waals surface area contributed by atoms with E-state index in [4.69, 9.17) is 21.1 Å². The van der Waals surface area contributed by atoms with E-state index < -0.39 is 5.41 Å². The van der Waals surface area contributed by atoms with Crippen LogP contribution in [0.4, 0.5) is 5.82 Å². The van der Waals surface area contributed by atoms with Crippen LogP contribution in [0.5, 0.6) is 11.5 Å². The number of benzene rings is 1. The molecule has 2 aromatic rings. The van der Waals surface area contributed by atoms with Crippen LogP contribution < -0.4 is 14.8 Å². The number of ether oxygens (including phenoxy) is 2. The Morgan fingerprint density at radius 1 is 1.03 bits per heavy atom. The maximum atomic E-state index is 13.9. The van der Waals surface area contributed by atoms with E-state index in [1.807, 2.05) is 23.1 Å². The third kappa shape index (κ3) is 4.38. The van der Waals surface area contributed by atoms with Crippen LogP contribution in [0.1, 0.15) is 50.5 Å². The second kappa shape index (κ2) is 9.21. The minimum absolute atomic E-state index is 0.0555. The van der Waals surface area contributed by atoms with Gasteiger partial charge in [0, 0.05) is 25.2 Å². The van der Waals surface area contributed by atoms with Gasteiger partial charge in [-0.05, 0) is 55.5 Å². The van der Waals surface area contributed by atoms with Gasteiger partial charge in [-0.25, -0.2) is 4.98 Å². The molecule has 0 bridgehead atoms. The van der Waals surface area contributed by atoms with E-state index in [1.165, 1.54) is 6.20 Å². The SMILES string of the molecule is O=C(Nc1ccc(Cl)cn1)C1CCN(C(=O)C2(c3ccc4c(c3)OCO4)CCCCC2)CC1. The van der Waals surface area contributed by atoms with Gasteiger partial charge in [0.05, 0.1) is 10.4 Å². The Morgan fingerprint density at radius 2 is 1.79 bits per heavy atom. The standard InChI is InChI=1S/C25H28ClN3O4/c26-19-5-7-22(27-15-19)28-23(30)17-8-12-29(13-9-17)24(31)25(10-2-1-3-11-25)18-4-6-20-21(14-18)33-16-32-20/h4-7,14-15,17H,1-3,8-13,16H2,(H,27,28,30). The number of carbonyl (C=O) groups is 2. The minimum atomic E-state index is -0.526. The first-order valence-electron chi connectivity index (χ1n) is 11.7. The number of rotatable bonds is 4. The summed E-state index contributed by atoms with van der Waals surface area (Å²) >= 11 is 5.86. The highest BCUT2D eigenvalue weighted by molar-refractivity contribution is 6.30. The number of pyridine rings is 1. The maximum absolute atomic E-state index is 13.9. The molecule has 174 valence electrons. The zero-order valence-electron chi connectivity index (χ0n) is 18.5. The molecule has 1 N–H and O–H groups in total. The number of nitrogens with one attached hydrogen (secondary N) is 1. The molecular formula is C25H28ClN3O4. The molecule has 0 unspecified atom stereocenters. The molecule has 1 aromatic heterocycles. The van der Waals surface area contributed by atoms with Gasteiger partial charge in [0.15, 0.2) is 11.5 Å². The van der Waals surface area contributed by atoms with E-state index in [0.717, 1.165) is 49.2 Å². The third-order valence-corrected chi connectivity index (χ3v) is 7.40. The molecule has 0 radical (unpaired) electrons. The average Bonchev–Trinajstić information content (AvgIpc) is 3.33. The Hall–Kier alpha value is -2.80. The smallest absolute Gasteiger partial charge is 0.233 e. The lowest BCUT2D eigenvalue weighted by Crippen LogP contribution is -2.51. The third-order valence-electron chi connectivity index (χ3n) is 7.17. The number of hydrogen-bond acceptors (Lipinski definition) is 5.